The highest BCUT2D eigenvalue weighted by molar-refractivity contribution is 8.01. The van der Waals surface area contributed by atoms with Crippen molar-refractivity contribution >= 4 is 51.5 Å². The fourth-order valence-corrected chi connectivity index (χ4v) is 3.48. The Morgan fingerprint density at radius 3 is 2.75 bits per heavy atom. The van der Waals surface area contributed by atoms with Gasteiger partial charge in [-0.25, -0.2) is 4.79 Å². The van der Waals surface area contributed by atoms with Crippen LogP contribution < -0.4 is 10.6 Å². The molecule has 0 unspecified atom stereocenters. The molecule has 11 heteroatoms. The Bertz CT molecular complexity index is 723. The van der Waals surface area contributed by atoms with E-state index < -0.39 is 22.8 Å². The van der Waals surface area contributed by atoms with Crippen molar-refractivity contribution < 1.29 is 18.0 Å². The van der Waals surface area contributed by atoms with Crippen LogP contribution in [-0.4, -0.2) is 22.0 Å². The van der Waals surface area contributed by atoms with Crippen molar-refractivity contribution in [2.45, 2.75) is 23.9 Å². The van der Waals surface area contributed by atoms with E-state index in [0.717, 1.165) is 24.3 Å². The zero-order valence-corrected chi connectivity index (χ0v) is 14.7. The van der Waals surface area contributed by atoms with Crippen molar-refractivity contribution in [3.63, 3.8) is 0 Å². The molecular formula is C13H12ClF3N4OS2. The van der Waals surface area contributed by atoms with Gasteiger partial charge in [-0.3, -0.25) is 5.32 Å². The van der Waals surface area contributed by atoms with Crippen molar-refractivity contribution in [1.82, 2.24) is 10.2 Å². The minimum atomic E-state index is -4.60. The summed E-state index contributed by atoms with van der Waals surface area (Å²) < 4.78 is 39.1. The molecule has 0 aliphatic rings. The number of rotatable bonds is 5. The van der Waals surface area contributed by atoms with Crippen LogP contribution in [0, 0.1) is 0 Å². The first-order valence-corrected chi connectivity index (χ1v) is 8.88. The van der Waals surface area contributed by atoms with Gasteiger partial charge in [-0.05, 0) is 24.6 Å². The van der Waals surface area contributed by atoms with Crippen LogP contribution in [-0.2, 0) is 6.18 Å². The lowest BCUT2D eigenvalue weighted by molar-refractivity contribution is -0.137. The number of nitrogens with zero attached hydrogens (tertiary/aromatic N) is 2. The van der Waals surface area contributed by atoms with E-state index in [0.29, 0.717) is 4.34 Å². The van der Waals surface area contributed by atoms with Crippen molar-refractivity contribution in [1.29, 1.82) is 0 Å². The smallest absolute Gasteiger partial charge is 0.308 e. The topological polar surface area (TPSA) is 66.9 Å². The fraction of sp³-hybridized carbons (Fsp3) is 0.308. The van der Waals surface area contributed by atoms with Gasteiger partial charge in [0, 0.05) is 11.4 Å². The second kappa shape index (κ2) is 8.04. The van der Waals surface area contributed by atoms with Gasteiger partial charge in [-0.15, -0.1) is 10.2 Å². The van der Waals surface area contributed by atoms with Crippen LogP contribution in [0.1, 0.15) is 18.9 Å². The Hall–Kier alpha value is -1.52. The maximum absolute atomic E-state index is 12.8. The van der Waals surface area contributed by atoms with E-state index in [2.05, 4.69) is 20.8 Å². The summed E-state index contributed by atoms with van der Waals surface area (Å²) in [5, 5.41) is 12.2. The molecule has 0 bridgehead atoms. The Kier molecular flexibility index (Phi) is 6.30. The minimum absolute atomic E-state index is 0.0330. The molecule has 0 aliphatic heterocycles. The summed E-state index contributed by atoms with van der Waals surface area (Å²) in [4.78, 5) is 11.8. The van der Waals surface area contributed by atoms with Crippen molar-refractivity contribution in [2.24, 2.45) is 0 Å². The molecule has 2 N–H and O–H groups in total. The molecule has 0 radical (unpaired) electrons. The zero-order chi connectivity index (χ0) is 17.7. The van der Waals surface area contributed by atoms with Gasteiger partial charge < -0.3 is 5.32 Å². The van der Waals surface area contributed by atoms with E-state index in [1.807, 2.05) is 6.92 Å². The predicted octanol–water partition coefficient (Wildman–Crippen LogP) is 5.36. The van der Waals surface area contributed by atoms with Crippen LogP contribution in [0.4, 0.5) is 28.8 Å². The number of anilines is 2. The highest BCUT2D eigenvalue weighted by atomic mass is 35.5. The molecule has 1 aromatic carbocycles. The Balaban J connectivity index is 2.01. The predicted molar refractivity (Wildman–Crippen MR) is 90.0 cm³/mol. The maximum Gasteiger partial charge on any atom is 0.417 e. The van der Waals surface area contributed by atoms with Crippen LogP contribution in [0.2, 0.25) is 5.02 Å². The van der Waals surface area contributed by atoms with E-state index in [-0.39, 0.29) is 10.8 Å². The lowest BCUT2D eigenvalue weighted by Crippen LogP contribution is -2.19. The first-order chi connectivity index (χ1) is 11.3. The average Bonchev–Trinajstić information content (AvgIpc) is 2.93. The standard InChI is InChI=1S/C13H12ClF3N4OS2/c1-2-5-23-12-21-20-11(24-12)19-10(22)18-7-3-4-9(14)8(6-7)13(15,16)17/h3-4,6H,2,5H2,1H3,(H2,18,19,20,22). The highest BCUT2D eigenvalue weighted by Crippen LogP contribution is 2.36. The molecule has 130 valence electrons. The average molecular weight is 397 g/mol. The summed E-state index contributed by atoms with van der Waals surface area (Å²) in [5.74, 6) is 0.881. The number of hydrogen-bond donors (Lipinski definition) is 2. The number of thioether (sulfide) groups is 1. The van der Waals surface area contributed by atoms with E-state index in [4.69, 9.17) is 11.6 Å². The summed E-state index contributed by atoms with van der Waals surface area (Å²) in [6.45, 7) is 2.03. The summed E-state index contributed by atoms with van der Waals surface area (Å²) >= 11 is 8.23. The zero-order valence-electron chi connectivity index (χ0n) is 12.3. The lowest BCUT2D eigenvalue weighted by atomic mass is 10.2. The van der Waals surface area contributed by atoms with Gasteiger partial charge in [0.1, 0.15) is 0 Å². The SMILES string of the molecule is CCCSc1nnc(NC(=O)Nc2ccc(Cl)c(C(F)(F)F)c2)s1. The van der Waals surface area contributed by atoms with Gasteiger partial charge in [0.2, 0.25) is 5.13 Å². The van der Waals surface area contributed by atoms with Gasteiger partial charge in [-0.2, -0.15) is 13.2 Å². The third kappa shape index (κ3) is 5.25. The molecule has 24 heavy (non-hydrogen) atoms. The number of alkyl halides is 3. The molecule has 2 aromatic rings. The lowest BCUT2D eigenvalue weighted by Gasteiger charge is -2.11. The number of carbonyl (C=O) groups excluding carboxylic acids is 1. The summed E-state index contributed by atoms with van der Waals surface area (Å²) in [5.41, 5.74) is -1.05. The van der Waals surface area contributed by atoms with E-state index in [1.165, 1.54) is 29.2 Å². The number of urea groups is 1. The number of nitrogens with one attached hydrogen (secondary N) is 2. The molecule has 2 rings (SSSR count). The first kappa shape index (κ1) is 18.8. The summed E-state index contributed by atoms with van der Waals surface area (Å²) in [6.07, 6.45) is -3.62. The third-order valence-corrected chi connectivity index (χ3v) is 5.09. The molecule has 0 spiro atoms. The Morgan fingerprint density at radius 2 is 2.08 bits per heavy atom. The van der Waals surface area contributed by atoms with E-state index >= 15 is 0 Å². The maximum atomic E-state index is 12.8. The molecule has 0 fully saturated rings. The second-order valence-electron chi connectivity index (χ2n) is 4.49. The first-order valence-electron chi connectivity index (χ1n) is 6.70. The molecule has 1 heterocycles. The summed E-state index contributed by atoms with van der Waals surface area (Å²) in [6, 6.07) is 2.41. The van der Waals surface area contributed by atoms with Crippen LogP contribution in [0.3, 0.4) is 0 Å². The number of carbonyl (C=O) groups is 1. The van der Waals surface area contributed by atoms with Gasteiger partial charge in [0.15, 0.2) is 4.34 Å². The van der Waals surface area contributed by atoms with Crippen LogP contribution in [0.25, 0.3) is 0 Å². The molecule has 1 aromatic heterocycles. The van der Waals surface area contributed by atoms with Crippen LogP contribution >= 0.6 is 34.7 Å². The van der Waals surface area contributed by atoms with E-state index in [1.54, 1.807) is 0 Å². The van der Waals surface area contributed by atoms with Gasteiger partial charge >= 0.3 is 12.2 Å². The van der Waals surface area contributed by atoms with Crippen molar-refractivity contribution in [2.75, 3.05) is 16.4 Å². The van der Waals surface area contributed by atoms with Crippen molar-refractivity contribution in [3.05, 3.63) is 28.8 Å². The number of aromatic nitrogens is 2. The number of hydrogen-bond acceptors (Lipinski definition) is 5. The number of benzene rings is 1. The number of amides is 2. The normalized spacial score (nSPS) is 11.4. The van der Waals surface area contributed by atoms with Crippen molar-refractivity contribution in [3.8, 4) is 0 Å². The Morgan fingerprint density at radius 1 is 1.33 bits per heavy atom. The quantitative estimate of drug-likeness (QED) is 0.527. The molecule has 5 nitrogen and oxygen atoms in total. The highest BCUT2D eigenvalue weighted by Gasteiger charge is 2.33. The Labute approximate surface area is 149 Å². The van der Waals surface area contributed by atoms with Gasteiger partial charge in [-0.1, -0.05) is 41.6 Å². The molecule has 0 saturated heterocycles. The minimum Gasteiger partial charge on any atom is -0.308 e. The monoisotopic (exact) mass is 396 g/mol. The third-order valence-electron chi connectivity index (χ3n) is 2.59. The molecule has 0 atom stereocenters. The number of halogens is 4. The van der Waals surface area contributed by atoms with E-state index in [9.17, 15) is 18.0 Å². The van der Waals surface area contributed by atoms with Crippen LogP contribution in [0.15, 0.2) is 22.5 Å². The molecule has 0 saturated carbocycles. The van der Waals surface area contributed by atoms with Gasteiger partial charge in [0.25, 0.3) is 0 Å². The van der Waals surface area contributed by atoms with Gasteiger partial charge in [0.05, 0.1) is 10.6 Å². The fourth-order valence-electron chi connectivity index (χ4n) is 1.59. The largest absolute Gasteiger partial charge is 0.417 e. The second-order valence-corrected chi connectivity index (χ2v) is 7.22. The summed E-state index contributed by atoms with van der Waals surface area (Å²) in [7, 11) is 0. The molecular weight excluding hydrogens is 385 g/mol. The molecule has 2 amide bonds. The van der Waals surface area contributed by atoms with Crippen LogP contribution in [0.5, 0.6) is 0 Å². The molecule has 0 aliphatic carbocycles.